The van der Waals surface area contributed by atoms with Crippen LogP contribution in [0.2, 0.25) is 0 Å². The molecule has 0 spiro atoms. The van der Waals surface area contributed by atoms with Crippen molar-refractivity contribution >= 4 is 21.8 Å². The van der Waals surface area contributed by atoms with Crippen molar-refractivity contribution in [2.24, 2.45) is 0 Å². The number of phenolic OH excluding ortho intramolecular Hbond substituents is 1. The number of nitrogens with one attached hydrogen (secondary N) is 2. The number of aromatic hydroxyl groups is 1. The molecule has 0 bridgehead atoms. The van der Waals surface area contributed by atoms with Crippen molar-refractivity contribution in [2.45, 2.75) is 6.10 Å². The lowest BCUT2D eigenvalue weighted by Gasteiger charge is -2.15. The maximum atomic E-state index is 10.3. The van der Waals surface area contributed by atoms with Crippen LogP contribution >= 0.6 is 0 Å². The third kappa shape index (κ3) is 4.84. The Bertz CT molecular complexity index is 1160. The van der Waals surface area contributed by atoms with Gasteiger partial charge in [0.1, 0.15) is 30.8 Å². The van der Waals surface area contributed by atoms with Gasteiger partial charge in [-0.15, -0.1) is 0 Å². The molecule has 4 rings (SSSR count). The number of para-hydroxylation sites is 1. The van der Waals surface area contributed by atoms with Gasteiger partial charge in [0.2, 0.25) is 0 Å². The number of hydrogen-bond donors (Lipinski definition) is 4. The van der Waals surface area contributed by atoms with Gasteiger partial charge in [0.05, 0.1) is 12.6 Å². The lowest BCUT2D eigenvalue weighted by molar-refractivity contribution is 0.106. The fourth-order valence-electron chi connectivity index (χ4n) is 3.51. The van der Waals surface area contributed by atoms with Crippen molar-refractivity contribution in [3.05, 3.63) is 60.7 Å². The van der Waals surface area contributed by atoms with Gasteiger partial charge >= 0.3 is 0 Å². The Kier molecular flexibility index (Phi) is 6.45. The number of benzene rings is 3. The standard InChI is InChI=1S/C24H26N2O5/c1-29-21-10-9-16(27)13-23(21)30-12-11-25-14-17(28)15-31-22-8-4-7-20-24(22)18-5-2-3-6-19(18)26-20/h2-10,13,17,25-28H,11-12,14-15H2,1H3. The summed E-state index contributed by atoms with van der Waals surface area (Å²) >= 11 is 0. The molecule has 1 atom stereocenters. The molecule has 4 aromatic rings. The number of hydrogen-bond acceptors (Lipinski definition) is 6. The predicted molar refractivity (Wildman–Crippen MR) is 120 cm³/mol. The van der Waals surface area contributed by atoms with Gasteiger partial charge in [-0.05, 0) is 30.3 Å². The van der Waals surface area contributed by atoms with Crippen molar-refractivity contribution in [1.29, 1.82) is 0 Å². The van der Waals surface area contributed by atoms with E-state index < -0.39 is 6.10 Å². The van der Waals surface area contributed by atoms with E-state index in [1.807, 2.05) is 36.4 Å². The molecule has 3 aromatic carbocycles. The van der Waals surface area contributed by atoms with Crippen molar-refractivity contribution in [3.63, 3.8) is 0 Å². The lowest BCUT2D eigenvalue weighted by Crippen LogP contribution is -2.33. The number of aromatic amines is 1. The average molecular weight is 422 g/mol. The zero-order chi connectivity index (χ0) is 21.6. The molecule has 31 heavy (non-hydrogen) atoms. The highest BCUT2D eigenvalue weighted by Crippen LogP contribution is 2.33. The number of aliphatic hydroxyl groups excluding tert-OH is 1. The zero-order valence-electron chi connectivity index (χ0n) is 17.3. The summed E-state index contributed by atoms with van der Waals surface area (Å²) in [6.07, 6.45) is -0.671. The first-order valence-corrected chi connectivity index (χ1v) is 10.2. The summed E-state index contributed by atoms with van der Waals surface area (Å²) < 4.78 is 16.8. The zero-order valence-corrected chi connectivity index (χ0v) is 17.3. The highest BCUT2D eigenvalue weighted by Gasteiger charge is 2.11. The average Bonchev–Trinajstić information content (AvgIpc) is 3.17. The minimum Gasteiger partial charge on any atom is -0.508 e. The molecule has 1 aromatic heterocycles. The molecule has 1 unspecified atom stereocenters. The first kappa shape index (κ1) is 20.8. The van der Waals surface area contributed by atoms with E-state index in [4.69, 9.17) is 14.2 Å². The number of ether oxygens (including phenoxy) is 3. The number of H-pyrrole nitrogens is 1. The Morgan fingerprint density at radius 3 is 2.65 bits per heavy atom. The number of phenols is 1. The molecule has 0 aliphatic heterocycles. The molecule has 7 heteroatoms. The van der Waals surface area contributed by atoms with E-state index in [1.165, 1.54) is 12.1 Å². The number of fused-ring (bicyclic) bond motifs is 3. The Labute approximate surface area is 180 Å². The van der Waals surface area contributed by atoms with Gasteiger partial charge in [-0.3, -0.25) is 0 Å². The first-order valence-electron chi connectivity index (χ1n) is 10.2. The summed E-state index contributed by atoms with van der Waals surface area (Å²) in [5.74, 6) is 1.88. The molecule has 0 aliphatic rings. The molecule has 4 N–H and O–H groups in total. The van der Waals surface area contributed by atoms with Crippen molar-refractivity contribution in [2.75, 3.05) is 33.4 Å². The Morgan fingerprint density at radius 1 is 0.935 bits per heavy atom. The molecule has 162 valence electrons. The molecule has 7 nitrogen and oxygen atoms in total. The molecule has 0 aliphatic carbocycles. The minimum atomic E-state index is -0.671. The maximum Gasteiger partial charge on any atom is 0.164 e. The highest BCUT2D eigenvalue weighted by atomic mass is 16.5. The second-order valence-corrected chi connectivity index (χ2v) is 7.20. The summed E-state index contributed by atoms with van der Waals surface area (Å²) in [5, 5.41) is 25.1. The van der Waals surface area contributed by atoms with E-state index in [9.17, 15) is 10.2 Å². The summed E-state index contributed by atoms with van der Waals surface area (Å²) in [7, 11) is 1.55. The van der Waals surface area contributed by atoms with Crippen LogP contribution in [-0.4, -0.2) is 54.7 Å². The van der Waals surface area contributed by atoms with E-state index in [2.05, 4.69) is 16.4 Å². The Balaban J connectivity index is 1.26. The normalized spacial score (nSPS) is 12.2. The SMILES string of the molecule is COc1ccc(O)cc1OCCNCC(O)COc1cccc2[nH]c3ccccc3c12. The fraction of sp³-hybridized carbons (Fsp3) is 0.250. The smallest absolute Gasteiger partial charge is 0.164 e. The van der Waals surface area contributed by atoms with Crippen LogP contribution in [0.3, 0.4) is 0 Å². The Hall–Kier alpha value is -3.42. The van der Waals surface area contributed by atoms with Gasteiger partial charge < -0.3 is 34.7 Å². The number of methoxy groups -OCH3 is 1. The van der Waals surface area contributed by atoms with Gasteiger partial charge in [-0.1, -0.05) is 24.3 Å². The summed E-state index contributed by atoms with van der Waals surface area (Å²) in [4.78, 5) is 3.39. The largest absolute Gasteiger partial charge is 0.508 e. The van der Waals surface area contributed by atoms with Gasteiger partial charge in [-0.2, -0.15) is 0 Å². The third-order valence-electron chi connectivity index (χ3n) is 4.99. The van der Waals surface area contributed by atoms with Crippen LogP contribution in [0.25, 0.3) is 21.8 Å². The molecular formula is C24H26N2O5. The van der Waals surface area contributed by atoms with Crippen molar-refractivity contribution in [3.8, 4) is 23.0 Å². The van der Waals surface area contributed by atoms with Crippen LogP contribution in [0.5, 0.6) is 23.0 Å². The molecule has 0 radical (unpaired) electrons. The summed E-state index contributed by atoms with van der Waals surface area (Å²) in [6, 6.07) is 18.6. The number of rotatable bonds is 10. The first-order chi connectivity index (χ1) is 15.2. The molecule has 1 heterocycles. The molecule has 0 amide bonds. The minimum absolute atomic E-state index is 0.113. The van der Waals surface area contributed by atoms with E-state index in [1.54, 1.807) is 13.2 Å². The van der Waals surface area contributed by atoms with Crippen LogP contribution in [0.1, 0.15) is 0 Å². The van der Waals surface area contributed by atoms with Crippen LogP contribution < -0.4 is 19.5 Å². The van der Waals surface area contributed by atoms with Crippen molar-refractivity contribution < 1.29 is 24.4 Å². The van der Waals surface area contributed by atoms with E-state index in [0.29, 0.717) is 31.2 Å². The van der Waals surface area contributed by atoms with E-state index in [0.717, 1.165) is 27.6 Å². The van der Waals surface area contributed by atoms with Crippen LogP contribution in [0, 0.1) is 0 Å². The van der Waals surface area contributed by atoms with E-state index in [-0.39, 0.29) is 12.4 Å². The maximum absolute atomic E-state index is 10.3. The molecule has 0 fully saturated rings. The van der Waals surface area contributed by atoms with Crippen LogP contribution in [-0.2, 0) is 0 Å². The van der Waals surface area contributed by atoms with Gasteiger partial charge in [0.25, 0.3) is 0 Å². The second kappa shape index (κ2) is 9.59. The molecule has 0 saturated carbocycles. The lowest BCUT2D eigenvalue weighted by atomic mass is 10.1. The predicted octanol–water partition coefficient (Wildman–Crippen LogP) is 3.44. The monoisotopic (exact) mass is 422 g/mol. The molecular weight excluding hydrogens is 396 g/mol. The molecule has 0 saturated heterocycles. The van der Waals surface area contributed by atoms with Gasteiger partial charge in [0, 0.05) is 35.4 Å². The van der Waals surface area contributed by atoms with Crippen LogP contribution in [0.15, 0.2) is 60.7 Å². The quantitative estimate of drug-likeness (QED) is 0.293. The van der Waals surface area contributed by atoms with Crippen molar-refractivity contribution in [1.82, 2.24) is 10.3 Å². The fourth-order valence-corrected chi connectivity index (χ4v) is 3.51. The second-order valence-electron chi connectivity index (χ2n) is 7.20. The number of aliphatic hydroxyl groups is 1. The van der Waals surface area contributed by atoms with Gasteiger partial charge in [0.15, 0.2) is 11.5 Å². The van der Waals surface area contributed by atoms with E-state index >= 15 is 0 Å². The number of aromatic nitrogens is 1. The topological polar surface area (TPSA) is 96.0 Å². The summed E-state index contributed by atoms with van der Waals surface area (Å²) in [5.41, 5.74) is 2.06. The van der Waals surface area contributed by atoms with Gasteiger partial charge in [-0.25, -0.2) is 0 Å². The van der Waals surface area contributed by atoms with Crippen LogP contribution in [0.4, 0.5) is 0 Å². The third-order valence-corrected chi connectivity index (χ3v) is 4.99. The Morgan fingerprint density at radius 2 is 1.77 bits per heavy atom. The highest BCUT2D eigenvalue weighted by molar-refractivity contribution is 6.10. The summed E-state index contributed by atoms with van der Waals surface area (Å²) in [6.45, 7) is 1.42.